The minimum atomic E-state index is -4.31. The summed E-state index contributed by atoms with van der Waals surface area (Å²) in [6.07, 6.45) is -0.930. The molecule has 98 valence electrons. The van der Waals surface area contributed by atoms with Crippen LogP contribution in [0, 0.1) is 0 Å². The van der Waals surface area contributed by atoms with Gasteiger partial charge in [0.05, 0.1) is 5.56 Å². The Morgan fingerprint density at radius 3 is 2.11 bits per heavy atom. The zero-order valence-corrected chi connectivity index (χ0v) is 9.98. The molecule has 0 aliphatic carbocycles. The Labute approximate surface area is 109 Å². The van der Waals surface area contributed by atoms with Crippen LogP contribution in [0.15, 0.2) is 48.5 Å². The second kappa shape index (κ2) is 5.18. The summed E-state index contributed by atoms with van der Waals surface area (Å²) in [5, 5.41) is 0. The fourth-order valence-electron chi connectivity index (χ4n) is 1.62. The largest absolute Gasteiger partial charge is 0.416 e. The molecular weight excluding hydrogens is 251 g/mol. The van der Waals surface area contributed by atoms with Gasteiger partial charge < -0.3 is 5.73 Å². The normalized spacial score (nSPS) is 11.9. The Hall–Kier alpha value is -2.23. The molecule has 0 amide bonds. The van der Waals surface area contributed by atoms with Gasteiger partial charge in [-0.1, -0.05) is 36.4 Å². The maximum Gasteiger partial charge on any atom is 0.416 e. The molecule has 2 rings (SSSR count). The molecule has 0 saturated carbocycles. The Morgan fingerprint density at radius 2 is 1.47 bits per heavy atom. The highest BCUT2D eigenvalue weighted by Gasteiger charge is 2.30. The van der Waals surface area contributed by atoms with E-state index >= 15 is 0 Å². The quantitative estimate of drug-likeness (QED) is 0.628. The highest BCUT2D eigenvalue weighted by Crippen LogP contribution is 2.29. The SMILES string of the molecule is Nc1ccc(/C=C/c2cccc(C(F)(F)F)c2)cc1. The van der Waals surface area contributed by atoms with Crippen molar-refractivity contribution in [2.24, 2.45) is 0 Å². The number of hydrogen-bond acceptors (Lipinski definition) is 1. The van der Waals surface area contributed by atoms with Crippen molar-refractivity contribution in [3.05, 3.63) is 65.2 Å². The van der Waals surface area contributed by atoms with Crippen LogP contribution in [0.1, 0.15) is 16.7 Å². The molecule has 0 aliphatic heterocycles. The fraction of sp³-hybridized carbons (Fsp3) is 0.0667. The van der Waals surface area contributed by atoms with Gasteiger partial charge in [0.15, 0.2) is 0 Å². The van der Waals surface area contributed by atoms with Crippen molar-refractivity contribution in [1.29, 1.82) is 0 Å². The average Bonchev–Trinajstić information content (AvgIpc) is 2.37. The van der Waals surface area contributed by atoms with E-state index in [4.69, 9.17) is 5.73 Å². The first-order valence-electron chi connectivity index (χ1n) is 5.66. The molecule has 0 heterocycles. The first-order valence-corrected chi connectivity index (χ1v) is 5.66. The van der Waals surface area contributed by atoms with Gasteiger partial charge in [0.1, 0.15) is 0 Å². The molecule has 0 spiro atoms. The monoisotopic (exact) mass is 263 g/mol. The van der Waals surface area contributed by atoms with Gasteiger partial charge in [0, 0.05) is 5.69 Å². The third kappa shape index (κ3) is 3.61. The number of benzene rings is 2. The molecule has 0 aliphatic rings. The average molecular weight is 263 g/mol. The van der Waals surface area contributed by atoms with Crippen molar-refractivity contribution in [2.45, 2.75) is 6.18 Å². The lowest BCUT2D eigenvalue weighted by molar-refractivity contribution is -0.137. The molecule has 0 saturated heterocycles. The third-order valence-corrected chi connectivity index (χ3v) is 2.62. The summed E-state index contributed by atoms with van der Waals surface area (Å²) in [6.45, 7) is 0. The molecular formula is C15H12F3N. The lowest BCUT2D eigenvalue weighted by atomic mass is 10.1. The van der Waals surface area contributed by atoms with Crippen molar-refractivity contribution < 1.29 is 13.2 Å². The molecule has 0 atom stereocenters. The van der Waals surface area contributed by atoms with E-state index in [1.165, 1.54) is 6.07 Å². The van der Waals surface area contributed by atoms with Crippen molar-refractivity contribution in [2.75, 3.05) is 5.73 Å². The van der Waals surface area contributed by atoms with Crippen molar-refractivity contribution in [1.82, 2.24) is 0 Å². The third-order valence-electron chi connectivity index (χ3n) is 2.62. The first kappa shape index (κ1) is 13.2. The summed E-state index contributed by atoms with van der Waals surface area (Å²) >= 11 is 0. The van der Waals surface area contributed by atoms with E-state index in [1.54, 1.807) is 42.5 Å². The maximum atomic E-state index is 12.5. The number of nitrogens with two attached hydrogens (primary N) is 1. The van der Waals surface area contributed by atoms with Crippen LogP contribution in [0.4, 0.5) is 18.9 Å². The number of halogens is 3. The predicted octanol–water partition coefficient (Wildman–Crippen LogP) is 4.46. The summed E-state index contributed by atoms with van der Waals surface area (Å²) < 4.78 is 37.6. The number of nitrogen functional groups attached to an aromatic ring is 1. The Balaban J connectivity index is 2.21. The minimum Gasteiger partial charge on any atom is -0.399 e. The van der Waals surface area contributed by atoms with Crippen LogP contribution in [0.5, 0.6) is 0 Å². The van der Waals surface area contributed by atoms with Crippen molar-refractivity contribution >= 4 is 17.8 Å². The highest BCUT2D eigenvalue weighted by molar-refractivity contribution is 5.70. The van der Waals surface area contributed by atoms with E-state index < -0.39 is 11.7 Å². The lowest BCUT2D eigenvalue weighted by Gasteiger charge is -2.06. The summed E-state index contributed by atoms with van der Waals surface area (Å²) in [5.74, 6) is 0. The van der Waals surface area contributed by atoms with Crippen molar-refractivity contribution in [3.8, 4) is 0 Å². The Kier molecular flexibility index (Phi) is 3.60. The van der Waals surface area contributed by atoms with Gasteiger partial charge in [-0.25, -0.2) is 0 Å². The summed E-state index contributed by atoms with van der Waals surface area (Å²) in [7, 11) is 0. The zero-order chi connectivity index (χ0) is 13.9. The maximum absolute atomic E-state index is 12.5. The van der Waals surface area contributed by atoms with E-state index in [0.29, 0.717) is 11.3 Å². The number of rotatable bonds is 2. The molecule has 0 radical (unpaired) electrons. The summed E-state index contributed by atoms with van der Waals surface area (Å²) in [5.41, 5.74) is 6.94. The zero-order valence-electron chi connectivity index (χ0n) is 9.98. The summed E-state index contributed by atoms with van der Waals surface area (Å²) in [6, 6.07) is 12.3. The van der Waals surface area contributed by atoms with Crippen LogP contribution in [0.2, 0.25) is 0 Å². The van der Waals surface area contributed by atoms with E-state index in [0.717, 1.165) is 17.7 Å². The van der Waals surface area contributed by atoms with Crippen LogP contribution in [-0.2, 0) is 6.18 Å². The Bertz CT molecular complexity index is 583. The van der Waals surface area contributed by atoms with Gasteiger partial charge in [-0.3, -0.25) is 0 Å². The Morgan fingerprint density at radius 1 is 0.842 bits per heavy atom. The predicted molar refractivity (Wildman–Crippen MR) is 71.2 cm³/mol. The van der Waals surface area contributed by atoms with Crippen LogP contribution < -0.4 is 5.73 Å². The smallest absolute Gasteiger partial charge is 0.399 e. The van der Waals surface area contributed by atoms with E-state index in [1.807, 2.05) is 0 Å². The summed E-state index contributed by atoms with van der Waals surface area (Å²) in [4.78, 5) is 0. The molecule has 0 bridgehead atoms. The fourth-order valence-corrected chi connectivity index (χ4v) is 1.62. The molecule has 19 heavy (non-hydrogen) atoms. The van der Waals surface area contributed by atoms with Gasteiger partial charge >= 0.3 is 6.18 Å². The number of hydrogen-bond donors (Lipinski definition) is 1. The molecule has 0 fully saturated rings. The van der Waals surface area contributed by atoms with Gasteiger partial charge in [0.2, 0.25) is 0 Å². The molecule has 0 aromatic heterocycles. The van der Waals surface area contributed by atoms with E-state index in [-0.39, 0.29) is 0 Å². The molecule has 2 aromatic carbocycles. The second-order valence-corrected chi connectivity index (χ2v) is 4.12. The molecule has 4 heteroatoms. The standard InChI is InChI=1S/C15H12F3N/c16-15(17,18)13-3-1-2-12(10-13)5-4-11-6-8-14(19)9-7-11/h1-10H,19H2/b5-4+. The van der Waals surface area contributed by atoms with Gasteiger partial charge in [0.25, 0.3) is 0 Å². The minimum absolute atomic E-state index is 0.506. The molecule has 1 nitrogen and oxygen atoms in total. The topological polar surface area (TPSA) is 26.0 Å². The van der Waals surface area contributed by atoms with E-state index in [9.17, 15) is 13.2 Å². The lowest BCUT2D eigenvalue weighted by Crippen LogP contribution is -2.04. The van der Waals surface area contributed by atoms with Gasteiger partial charge in [-0.05, 0) is 35.4 Å². The van der Waals surface area contributed by atoms with E-state index in [2.05, 4.69) is 0 Å². The molecule has 0 unspecified atom stereocenters. The second-order valence-electron chi connectivity index (χ2n) is 4.12. The van der Waals surface area contributed by atoms with Crippen LogP contribution in [-0.4, -0.2) is 0 Å². The molecule has 2 aromatic rings. The number of anilines is 1. The first-order chi connectivity index (χ1) is 8.95. The van der Waals surface area contributed by atoms with Crippen molar-refractivity contribution in [3.63, 3.8) is 0 Å². The number of alkyl halides is 3. The van der Waals surface area contributed by atoms with Gasteiger partial charge in [-0.15, -0.1) is 0 Å². The van der Waals surface area contributed by atoms with Gasteiger partial charge in [-0.2, -0.15) is 13.2 Å². The van der Waals surface area contributed by atoms with Crippen LogP contribution in [0.3, 0.4) is 0 Å². The van der Waals surface area contributed by atoms with Crippen LogP contribution >= 0.6 is 0 Å². The molecule has 2 N–H and O–H groups in total. The van der Waals surface area contributed by atoms with Crippen LogP contribution in [0.25, 0.3) is 12.2 Å². The highest BCUT2D eigenvalue weighted by atomic mass is 19.4.